The minimum Gasteiger partial charge on any atom is -0.481 e. The highest BCUT2D eigenvalue weighted by molar-refractivity contribution is 5.85. The number of carboxylic acids is 1. The maximum Gasteiger partial charge on any atom is 0.303 e. The van der Waals surface area contributed by atoms with Crippen molar-refractivity contribution < 1.29 is 24.6 Å². The Hall–Kier alpha value is -1.49. The van der Waals surface area contributed by atoms with Crippen LogP contribution in [0.3, 0.4) is 0 Å². The zero-order chi connectivity index (χ0) is 18.7. The maximum atomic E-state index is 12.1. The van der Waals surface area contributed by atoms with Crippen LogP contribution in [-0.2, 0) is 14.4 Å². The highest BCUT2D eigenvalue weighted by atomic mass is 16.4. The van der Waals surface area contributed by atoms with Crippen molar-refractivity contribution in [1.29, 1.82) is 0 Å². The molecule has 0 aromatic heterocycles. The predicted molar refractivity (Wildman–Crippen MR) is 96.2 cm³/mol. The molecule has 0 aliphatic heterocycles. The number of rotatable bonds is 13. The molecule has 1 aliphatic carbocycles. The van der Waals surface area contributed by atoms with Crippen molar-refractivity contribution in [1.82, 2.24) is 0 Å². The molecule has 5 nitrogen and oxygen atoms in total. The number of allylic oxidation sites excluding steroid dienone is 2. The van der Waals surface area contributed by atoms with E-state index in [1.165, 1.54) is 0 Å². The van der Waals surface area contributed by atoms with Crippen LogP contribution in [-0.4, -0.2) is 33.9 Å². The Morgan fingerprint density at radius 3 is 2.56 bits per heavy atom. The second-order valence-electron chi connectivity index (χ2n) is 7.04. The van der Waals surface area contributed by atoms with E-state index in [0.717, 1.165) is 19.3 Å². The van der Waals surface area contributed by atoms with E-state index in [1.807, 2.05) is 12.2 Å². The molecule has 0 bridgehead atoms. The molecule has 0 amide bonds. The minimum absolute atomic E-state index is 0.0677. The van der Waals surface area contributed by atoms with Gasteiger partial charge in [-0.15, -0.1) is 0 Å². The van der Waals surface area contributed by atoms with Gasteiger partial charge in [0.1, 0.15) is 11.6 Å². The number of aliphatic hydroxyl groups is 1. The summed E-state index contributed by atoms with van der Waals surface area (Å²) in [5.41, 5.74) is 0. The zero-order valence-electron chi connectivity index (χ0n) is 15.3. The fourth-order valence-electron chi connectivity index (χ4n) is 3.47. The van der Waals surface area contributed by atoms with Crippen LogP contribution in [0.4, 0.5) is 0 Å². The third kappa shape index (κ3) is 8.43. The van der Waals surface area contributed by atoms with Crippen molar-refractivity contribution in [3.8, 4) is 0 Å². The van der Waals surface area contributed by atoms with Gasteiger partial charge in [-0.3, -0.25) is 14.4 Å². The topological polar surface area (TPSA) is 91.7 Å². The Balaban J connectivity index is 2.39. The van der Waals surface area contributed by atoms with E-state index in [9.17, 15) is 19.5 Å². The van der Waals surface area contributed by atoms with Gasteiger partial charge in [0, 0.05) is 31.6 Å². The first-order valence-electron chi connectivity index (χ1n) is 9.55. The normalized spacial score (nSPS) is 23.4. The average molecular weight is 352 g/mol. The Morgan fingerprint density at radius 2 is 1.88 bits per heavy atom. The van der Waals surface area contributed by atoms with Crippen LogP contribution in [0.25, 0.3) is 0 Å². The second kappa shape index (κ2) is 12.0. The van der Waals surface area contributed by atoms with Gasteiger partial charge in [0.2, 0.25) is 0 Å². The monoisotopic (exact) mass is 352 g/mol. The van der Waals surface area contributed by atoms with Crippen LogP contribution in [0, 0.1) is 11.8 Å². The van der Waals surface area contributed by atoms with E-state index in [0.29, 0.717) is 38.5 Å². The lowest BCUT2D eigenvalue weighted by atomic mass is 9.86. The number of aliphatic hydroxyl groups excluding tert-OH is 1. The predicted octanol–water partition coefficient (Wildman–Crippen LogP) is 3.68. The third-order valence-corrected chi connectivity index (χ3v) is 4.96. The van der Waals surface area contributed by atoms with E-state index in [-0.39, 0.29) is 36.2 Å². The first-order chi connectivity index (χ1) is 12.0. The number of ketones is 2. The van der Waals surface area contributed by atoms with E-state index in [4.69, 9.17) is 5.11 Å². The molecule has 3 atom stereocenters. The summed E-state index contributed by atoms with van der Waals surface area (Å²) < 4.78 is 0. The van der Waals surface area contributed by atoms with Gasteiger partial charge >= 0.3 is 5.97 Å². The number of carbonyl (C=O) groups is 3. The fraction of sp³-hybridized carbons (Fsp3) is 0.750. The molecule has 0 radical (unpaired) electrons. The molecule has 0 unspecified atom stereocenters. The number of carbonyl (C=O) groups excluding carboxylic acids is 2. The summed E-state index contributed by atoms with van der Waals surface area (Å²) in [4.78, 5) is 34.5. The SMILES string of the molecule is CCCCCC(=O)CC[C@H]1C(=O)C[C@H](O)[C@H]1C/C=C\CCCC(=O)O. The average Bonchev–Trinajstić information content (AvgIpc) is 2.82. The molecule has 142 valence electrons. The fourth-order valence-corrected chi connectivity index (χ4v) is 3.47. The van der Waals surface area contributed by atoms with Crippen molar-refractivity contribution in [3.05, 3.63) is 12.2 Å². The molecule has 25 heavy (non-hydrogen) atoms. The Bertz CT molecular complexity index is 469. The van der Waals surface area contributed by atoms with Gasteiger partial charge in [-0.2, -0.15) is 0 Å². The van der Waals surface area contributed by atoms with Gasteiger partial charge < -0.3 is 10.2 Å². The zero-order valence-corrected chi connectivity index (χ0v) is 15.3. The molecule has 0 aromatic carbocycles. The summed E-state index contributed by atoms with van der Waals surface area (Å²) in [5.74, 6) is -0.863. The summed E-state index contributed by atoms with van der Waals surface area (Å²) >= 11 is 0. The largest absolute Gasteiger partial charge is 0.481 e. The maximum absolute atomic E-state index is 12.1. The third-order valence-electron chi connectivity index (χ3n) is 4.96. The van der Waals surface area contributed by atoms with E-state index in [2.05, 4.69) is 6.92 Å². The quantitative estimate of drug-likeness (QED) is 0.390. The lowest BCUT2D eigenvalue weighted by Gasteiger charge is -2.19. The summed E-state index contributed by atoms with van der Waals surface area (Å²) in [6.07, 6.45) is 10.1. The molecule has 2 N–H and O–H groups in total. The molecule has 1 rings (SSSR count). The Labute approximate surface area is 150 Å². The van der Waals surface area contributed by atoms with Crippen molar-refractivity contribution >= 4 is 17.5 Å². The van der Waals surface area contributed by atoms with Crippen molar-refractivity contribution in [2.24, 2.45) is 11.8 Å². The molecule has 1 saturated carbocycles. The minimum atomic E-state index is -0.797. The number of hydrogen-bond donors (Lipinski definition) is 2. The lowest BCUT2D eigenvalue weighted by molar-refractivity contribution is -0.137. The number of carboxylic acid groups (broad SMARTS) is 1. The van der Waals surface area contributed by atoms with Gasteiger partial charge in [-0.05, 0) is 38.0 Å². The van der Waals surface area contributed by atoms with E-state index >= 15 is 0 Å². The standard InChI is InChI=1S/C20H32O5/c1-2-3-6-9-15(21)12-13-17-16(18(22)14-19(17)23)10-7-4-5-8-11-20(24)25/h4,7,16-18,22H,2-3,5-6,8-14H2,1H3,(H,24,25)/b7-4-/t16-,17+,18-/m0/s1. The molecule has 0 saturated heterocycles. The lowest BCUT2D eigenvalue weighted by Crippen LogP contribution is -2.21. The van der Waals surface area contributed by atoms with Crippen molar-refractivity contribution in [2.45, 2.75) is 83.7 Å². The first-order valence-corrected chi connectivity index (χ1v) is 9.55. The van der Waals surface area contributed by atoms with Gasteiger partial charge in [0.15, 0.2) is 0 Å². The number of aliphatic carboxylic acids is 1. The molecule has 1 fully saturated rings. The molecule has 0 heterocycles. The van der Waals surface area contributed by atoms with Crippen molar-refractivity contribution in [3.63, 3.8) is 0 Å². The van der Waals surface area contributed by atoms with Crippen LogP contribution in [0.5, 0.6) is 0 Å². The molecule has 0 spiro atoms. The smallest absolute Gasteiger partial charge is 0.303 e. The number of Topliss-reactive ketones (excluding diaryl/α,β-unsaturated/α-hetero) is 2. The van der Waals surface area contributed by atoms with Crippen LogP contribution in [0.2, 0.25) is 0 Å². The van der Waals surface area contributed by atoms with Crippen LogP contribution < -0.4 is 0 Å². The second-order valence-corrected chi connectivity index (χ2v) is 7.04. The van der Waals surface area contributed by atoms with Gasteiger partial charge in [-0.1, -0.05) is 31.9 Å². The summed E-state index contributed by atoms with van der Waals surface area (Å²) in [6.45, 7) is 2.10. The summed E-state index contributed by atoms with van der Waals surface area (Å²) in [5, 5.41) is 18.7. The van der Waals surface area contributed by atoms with Crippen molar-refractivity contribution in [2.75, 3.05) is 0 Å². The van der Waals surface area contributed by atoms with Crippen LogP contribution in [0.15, 0.2) is 12.2 Å². The molecule has 5 heteroatoms. The van der Waals surface area contributed by atoms with Crippen LogP contribution >= 0.6 is 0 Å². The highest BCUT2D eigenvalue weighted by Crippen LogP contribution is 2.35. The summed E-state index contributed by atoms with van der Waals surface area (Å²) in [6, 6.07) is 0. The van der Waals surface area contributed by atoms with Gasteiger partial charge in [0.25, 0.3) is 0 Å². The highest BCUT2D eigenvalue weighted by Gasteiger charge is 2.40. The molecule has 1 aliphatic rings. The Morgan fingerprint density at radius 1 is 1.12 bits per heavy atom. The van der Waals surface area contributed by atoms with Gasteiger partial charge in [-0.25, -0.2) is 0 Å². The molecular weight excluding hydrogens is 320 g/mol. The first kappa shape index (κ1) is 21.6. The summed E-state index contributed by atoms with van der Waals surface area (Å²) in [7, 11) is 0. The van der Waals surface area contributed by atoms with E-state index < -0.39 is 12.1 Å². The molecular formula is C20H32O5. The molecule has 0 aromatic rings. The number of unbranched alkanes of at least 4 members (excludes halogenated alkanes) is 3. The van der Waals surface area contributed by atoms with Crippen LogP contribution in [0.1, 0.15) is 77.6 Å². The number of hydrogen-bond acceptors (Lipinski definition) is 4. The Kier molecular flexibility index (Phi) is 10.3. The van der Waals surface area contributed by atoms with Gasteiger partial charge in [0.05, 0.1) is 6.10 Å². The van der Waals surface area contributed by atoms with E-state index in [1.54, 1.807) is 0 Å².